The van der Waals surface area contributed by atoms with E-state index in [2.05, 4.69) is 5.32 Å². The Morgan fingerprint density at radius 3 is 2.23 bits per heavy atom. The highest BCUT2D eigenvalue weighted by molar-refractivity contribution is 6.09. The van der Waals surface area contributed by atoms with Crippen LogP contribution in [0.1, 0.15) is 12.5 Å². The van der Waals surface area contributed by atoms with Crippen molar-refractivity contribution < 1.29 is 14.3 Å². The number of nitrogens with zero attached hydrogens (tertiary/aromatic N) is 2. The molecule has 6 nitrogen and oxygen atoms in total. The number of hydrogen-bond donors (Lipinski definition) is 1. The first kappa shape index (κ1) is 18.6. The summed E-state index contributed by atoms with van der Waals surface area (Å²) in [5.74, 6) is 0.753. The van der Waals surface area contributed by atoms with Gasteiger partial charge in [0.2, 0.25) is 0 Å². The van der Waals surface area contributed by atoms with Crippen LogP contribution < -0.4 is 14.8 Å². The van der Waals surface area contributed by atoms with Gasteiger partial charge in [-0.05, 0) is 55.0 Å². The van der Waals surface area contributed by atoms with Crippen LogP contribution in [0.4, 0.5) is 5.69 Å². The molecule has 0 aliphatic carbocycles. The van der Waals surface area contributed by atoms with Crippen LogP contribution in [0.25, 0.3) is 6.08 Å². The van der Waals surface area contributed by atoms with E-state index in [4.69, 9.17) is 14.7 Å². The van der Waals surface area contributed by atoms with Gasteiger partial charge in [0.25, 0.3) is 5.91 Å². The highest BCUT2D eigenvalue weighted by Crippen LogP contribution is 2.18. The van der Waals surface area contributed by atoms with Crippen LogP contribution in [0.2, 0.25) is 0 Å². The fourth-order valence-electron chi connectivity index (χ4n) is 2.09. The van der Waals surface area contributed by atoms with Crippen molar-refractivity contribution >= 4 is 17.7 Å². The molecule has 1 amide bonds. The lowest BCUT2D eigenvalue weighted by molar-refractivity contribution is -0.112. The van der Waals surface area contributed by atoms with E-state index in [9.17, 15) is 10.1 Å². The largest absolute Gasteiger partial charge is 0.494 e. The van der Waals surface area contributed by atoms with Gasteiger partial charge in [0.1, 0.15) is 29.2 Å². The van der Waals surface area contributed by atoms with E-state index in [-0.39, 0.29) is 12.2 Å². The summed E-state index contributed by atoms with van der Waals surface area (Å²) in [5.41, 5.74) is 1.22. The minimum Gasteiger partial charge on any atom is -0.494 e. The number of amides is 1. The van der Waals surface area contributed by atoms with E-state index in [1.54, 1.807) is 48.5 Å². The summed E-state index contributed by atoms with van der Waals surface area (Å²) in [6, 6.07) is 17.4. The van der Waals surface area contributed by atoms with Crippen molar-refractivity contribution in [3.63, 3.8) is 0 Å². The van der Waals surface area contributed by atoms with Gasteiger partial charge < -0.3 is 14.8 Å². The highest BCUT2D eigenvalue weighted by Gasteiger charge is 2.09. The van der Waals surface area contributed by atoms with Gasteiger partial charge in [0.05, 0.1) is 6.61 Å². The fourth-order valence-corrected chi connectivity index (χ4v) is 2.09. The van der Waals surface area contributed by atoms with Gasteiger partial charge in [0.15, 0.2) is 6.61 Å². The van der Waals surface area contributed by atoms with Gasteiger partial charge in [-0.1, -0.05) is 12.1 Å². The second-order valence-corrected chi connectivity index (χ2v) is 5.10. The van der Waals surface area contributed by atoms with Crippen molar-refractivity contribution in [2.24, 2.45) is 0 Å². The lowest BCUT2D eigenvalue weighted by Crippen LogP contribution is -2.13. The zero-order valence-electron chi connectivity index (χ0n) is 14.2. The molecule has 0 aliphatic heterocycles. The Labute approximate surface area is 151 Å². The molecule has 1 N–H and O–H groups in total. The van der Waals surface area contributed by atoms with E-state index in [1.807, 2.05) is 19.1 Å². The van der Waals surface area contributed by atoms with Crippen molar-refractivity contribution in [2.75, 3.05) is 18.5 Å². The van der Waals surface area contributed by atoms with Crippen LogP contribution in [-0.2, 0) is 4.79 Å². The number of rotatable bonds is 7. The maximum atomic E-state index is 12.3. The first-order valence-corrected chi connectivity index (χ1v) is 7.92. The second kappa shape index (κ2) is 9.51. The van der Waals surface area contributed by atoms with Crippen molar-refractivity contribution in [1.29, 1.82) is 10.5 Å². The third-order valence-corrected chi connectivity index (χ3v) is 3.28. The number of carbonyl (C=O) groups is 1. The Balaban J connectivity index is 2.06. The Bertz CT molecular complexity index is 857. The number of anilines is 1. The third-order valence-electron chi connectivity index (χ3n) is 3.28. The Hall–Kier alpha value is -3.77. The summed E-state index contributed by atoms with van der Waals surface area (Å²) in [5, 5.41) is 20.4. The minimum absolute atomic E-state index is 0.0235. The number of carbonyl (C=O) groups excluding carboxylic acids is 1. The number of benzene rings is 2. The van der Waals surface area contributed by atoms with Gasteiger partial charge in [0, 0.05) is 5.69 Å². The molecule has 0 aromatic heterocycles. The Kier molecular flexibility index (Phi) is 6.79. The molecule has 26 heavy (non-hydrogen) atoms. The molecule has 0 bridgehead atoms. The number of ether oxygens (including phenoxy) is 2. The van der Waals surface area contributed by atoms with Crippen LogP contribution in [0.15, 0.2) is 54.1 Å². The van der Waals surface area contributed by atoms with E-state index < -0.39 is 5.91 Å². The molecule has 0 heterocycles. The molecular weight excluding hydrogens is 330 g/mol. The molecule has 2 aromatic carbocycles. The second-order valence-electron chi connectivity index (χ2n) is 5.10. The summed E-state index contributed by atoms with van der Waals surface area (Å²) in [6.45, 7) is 2.42. The van der Waals surface area contributed by atoms with Crippen molar-refractivity contribution in [3.8, 4) is 23.6 Å². The van der Waals surface area contributed by atoms with Crippen LogP contribution >= 0.6 is 0 Å². The monoisotopic (exact) mass is 347 g/mol. The first-order chi connectivity index (χ1) is 12.7. The molecule has 130 valence electrons. The number of hydrogen-bond acceptors (Lipinski definition) is 5. The third kappa shape index (κ3) is 5.40. The van der Waals surface area contributed by atoms with Crippen molar-refractivity contribution in [3.05, 3.63) is 59.7 Å². The fraction of sp³-hybridized carbons (Fsp3) is 0.150. The smallest absolute Gasteiger partial charge is 0.266 e. The molecule has 0 aliphatic rings. The van der Waals surface area contributed by atoms with E-state index in [0.29, 0.717) is 29.4 Å². The van der Waals surface area contributed by atoms with E-state index in [0.717, 1.165) is 0 Å². The van der Waals surface area contributed by atoms with E-state index >= 15 is 0 Å². The summed E-state index contributed by atoms with van der Waals surface area (Å²) in [6.07, 6.45) is 1.48. The molecule has 2 aromatic rings. The maximum absolute atomic E-state index is 12.3. The van der Waals surface area contributed by atoms with E-state index in [1.165, 1.54) is 6.08 Å². The van der Waals surface area contributed by atoms with Crippen LogP contribution in [0, 0.1) is 22.7 Å². The lowest BCUT2D eigenvalue weighted by atomic mass is 10.1. The normalized spacial score (nSPS) is 10.3. The van der Waals surface area contributed by atoms with Gasteiger partial charge in [-0.2, -0.15) is 10.5 Å². The zero-order chi connectivity index (χ0) is 18.8. The van der Waals surface area contributed by atoms with Gasteiger partial charge in [-0.3, -0.25) is 4.79 Å². The van der Waals surface area contributed by atoms with Gasteiger partial charge in [-0.25, -0.2) is 0 Å². The average Bonchev–Trinajstić information content (AvgIpc) is 2.67. The molecule has 2 rings (SSSR count). The van der Waals surface area contributed by atoms with Crippen LogP contribution in [-0.4, -0.2) is 19.1 Å². The maximum Gasteiger partial charge on any atom is 0.266 e. The number of nitrogens with one attached hydrogen (secondary N) is 1. The van der Waals surface area contributed by atoms with Crippen molar-refractivity contribution in [1.82, 2.24) is 0 Å². The molecule has 0 radical (unpaired) electrons. The molecule has 0 spiro atoms. The lowest BCUT2D eigenvalue weighted by Gasteiger charge is -2.07. The molecule has 0 atom stereocenters. The topological polar surface area (TPSA) is 95.1 Å². The average molecular weight is 347 g/mol. The molecule has 0 unspecified atom stereocenters. The Morgan fingerprint density at radius 1 is 1.04 bits per heavy atom. The van der Waals surface area contributed by atoms with Gasteiger partial charge >= 0.3 is 0 Å². The SMILES string of the molecule is CCOc1ccc(NC(=O)/C(C#N)=C\c2ccc(OCC#N)cc2)cc1. The molecule has 6 heteroatoms. The molecular formula is C20H17N3O3. The zero-order valence-corrected chi connectivity index (χ0v) is 14.2. The molecule has 0 fully saturated rings. The Morgan fingerprint density at radius 2 is 1.65 bits per heavy atom. The quantitative estimate of drug-likeness (QED) is 0.610. The predicted molar refractivity (Wildman–Crippen MR) is 97.4 cm³/mol. The molecule has 0 saturated carbocycles. The molecule has 0 saturated heterocycles. The van der Waals surface area contributed by atoms with Crippen LogP contribution in [0.5, 0.6) is 11.5 Å². The van der Waals surface area contributed by atoms with Gasteiger partial charge in [-0.15, -0.1) is 0 Å². The highest BCUT2D eigenvalue weighted by atomic mass is 16.5. The summed E-state index contributed by atoms with van der Waals surface area (Å²) in [4.78, 5) is 12.3. The number of nitriles is 2. The summed E-state index contributed by atoms with van der Waals surface area (Å²) < 4.78 is 10.5. The van der Waals surface area contributed by atoms with Crippen LogP contribution in [0.3, 0.4) is 0 Å². The predicted octanol–water partition coefficient (Wildman–Crippen LogP) is 3.53. The standard InChI is InChI=1S/C20H17N3O3/c1-2-25-18-9-5-17(6-10-18)23-20(24)16(14-22)13-15-3-7-19(8-4-15)26-12-11-21/h3-10,13H,2,12H2,1H3,(H,23,24)/b16-13-. The minimum atomic E-state index is -0.499. The van der Waals surface area contributed by atoms with Crippen molar-refractivity contribution in [2.45, 2.75) is 6.92 Å². The summed E-state index contributed by atoms with van der Waals surface area (Å²) in [7, 11) is 0. The summed E-state index contributed by atoms with van der Waals surface area (Å²) >= 11 is 0. The first-order valence-electron chi connectivity index (χ1n) is 7.92.